The Kier molecular flexibility index (Phi) is 5.12. The largest absolute Gasteiger partial charge is 0.351 e. The van der Waals surface area contributed by atoms with Gasteiger partial charge < -0.3 is 5.32 Å². The number of hydrogen-bond acceptors (Lipinski definition) is 3. The molecule has 0 bridgehead atoms. The lowest BCUT2D eigenvalue weighted by Crippen LogP contribution is -2.37. The first kappa shape index (κ1) is 14.5. The van der Waals surface area contributed by atoms with Crippen LogP contribution in [0.25, 0.3) is 0 Å². The van der Waals surface area contributed by atoms with Gasteiger partial charge >= 0.3 is 0 Å². The zero-order valence-corrected chi connectivity index (χ0v) is 11.7. The molecule has 0 saturated heterocycles. The Labute approximate surface area is 122 Å². The lowest BCUT2D eigenvalue weighted by Gasteiger charge is -2.11. The number of hydrogen-bond donors (Lipinski definition) is 2. The Bertz CT molecular complexity index is 543. The van der Waals surface area contributed by atoms with Crippen LogP contribution in [0.4, 0.5) is 0 Å². The van der Waals surface area contributed by atoms with Gasteiger partial charge in [0, 0.05) is 24.4 Å². The first-order valence-electron chi connectivity index (χ1n) is 6.53. The van der Waals surface area contributed by atoms with Crippen molar-refractivity contribution in [1.29, 1.82) is 0 Å². The molecule has 5 nitrogen and oxygen atoms in total. The minimum Gasteiger partial charge on any atom is -0.351 e. The van der Waals surface area contributed by atoms with Crippen LogP contribution in [0, 0.1) is 0 Å². The molecule has 0 atom stereocenters. The second kappa shape index (κ2) is 7.05. The molecule has 1 aliphatic heterocycles. The van der Waals surface area contributed by atoms with E-state index in [0.29, 0.717) is 25.1 Å². The van der Waals surface area contributed by atoms with Crippen molar-refractivity contribution in [2.45, 2.75) is 25.7 Å². The quantitative estimate of drug-likeness (QED) is 0.811. The maximum Gasteiger partial charge on any atom is 0.267 e. The van der Waals surface area contributed by atoms with Gasteiger partial charge in [-0.3, -0.25) is 9.59 Å². The first-order chi connectivity index (χ1) is 9.65. The Balaban J connectivity index is 1.71. The molecule has 0 radical (unpaired) electrons. The molecule has 2 N–H and O–H groups in total. The zero-order valence-electron chi connectivity index (χ0n) is 11.0. The van der Waals surface area contributed by atoms with Gasteiger partial charge in [-0.05, 0) is 30.5 Å². The second-order valence-electron chi connectivity index (χ2n) is 4.58. The molecular weight excluding hydrogens is 278 g/mol. The minimum atomic E-state index is -0.212. The van der Waals surface area contributed by atoms with Gasteiger partial charge in [0.25, 0.3) is 5.91 Å². The van der Waals surface area contributed by atoms with Crippen LogP contribution < -0.4 is 10.7 Å². The van der Waals surface area contributed by atoms with E-state index in [0.717, 1.165) is 23.4 Å². The van der Waals surface area contributed by atoms with Gasteiger partial charge in [-0.2, -0.15) is 5.10 Å². The Morgan fingerprint density at radius 2 is 2.25 bits per heavy atom. The average Bonchev–Trinajstić information content (AvgIpc) is 2.44. The number of hydrazone groups is 1. The van der Waals surface area contributed by atoms with E-state index in [-0.39, 0.29) is 11.8 Å². The molecule has 20 heavy (non-hydrogen) atoms. The van der Waals surface area contributed by atoms with E-state index in [1.165, 1.54) is 0 Å². The summed E-state index contributed by atoms with van der Waals surface area (Å²) in [5, 5.41) is 7.27. The second-order valence-corrected chi connectivity index (χ2v) is 5.02. The number of halogens is 1. The number of carbonyl (C=O) groups is 2. The average molecular weight is 294 g/mol. The fourth-order valence-corrected chi connectivity index (χ4v) is 2.14. The molecule has 0 aromatic heterocycles. The normalized spacial score (nSPS) is 14.4. The number of rotatable bonds is 5. The van der Waals surface area contributed by atoms with Gasteiger partial charge in [-0.25, -0.2) is 5.43 Å². The first-order valence-corrected chi connectivity index (χ1v) is 6.91. The summed E-state index contributed by atoms with van der Waals surface area (Å²) in [6.07, 6.45) is 2.39. The van der Waals surface area contributed by atoms with Crippen molar-refractivity contribution in [2.24, 2.45) is 5.10 Å². The fraction of sp³-hybridized carbons (Fsp3) is 0.357. The number of nitrogens with zero attached hydrogens (tertiary/aromatic N) is 1. The van der Waals surface area contributed by atoms with E-state index >= 15 is 0 Å². The Hall–Kier alpha value is -1.88. The third-order valence-electron chi connectivity index (χ3n) is 2.98. The summed E-state index contributed by atoms with van der Waals surface area (Å²) in [4.78, 5) is 22.7. The van der Waals surface area contributed by atoms with Crippen LogP contribution in [-0.4, -0.2) is 24.1 Å². The lowest BCUT2D eigenvalue weighted by atomic mass is 10.1. The molecule has 0 aliphatic carbocycles. The molecule has 1 heterocycles. The van der Waals surface area contributed by atoms with E-state index < -0.39 is 0 Å². The summed E-state index contributed by atoms with van der Waals surface area (Å²) in [5.41, 5.74) is 3.84. The fourth-order valence-electron chi connectivity index (χ4n) is 1.93. The molecule has 0 unspecified atom stereocenters. The molecule has 106 valence electrons. The molecule has 6 heteroatoms. The van der Waals surface area contributed by atoms with Crippen molar-refractivity contribution in [1.82, 2.24) is 10.7 Å². The molecule has 1 aliphatic rings. The molecule has 1 aromatic rings. The summed E-state index contributed by atoms with van der Waals surface area (Å²) in [6, 6.07) is 7.68. The third kappa shape index (κ3) is 4.35. The van der Waals surface area contributed by atoms with Crippen molar-refractivity contribution in [3.63, 3.8) is 0 Å². The minimum absolute atomic E-state index is 0.150. The molecule has 1 aromatic carbocycles. The molecule has 0 saturated carbocycles. The Morgan fingerprint density at radius 3 is 2.95 bits per heavy atom. The number of aryl methyl sites for hydroxylation is 1. The molecule has 2 amide bonds. The zero-order chi connectivity index (χ0) is 14.4. The topological polar surface area (TPSA) is 70.6 Å². The SMILES string of the molecule is O=C1CCC(C(=O)NCCCc2cccc(Cl)c2)=NN1. The van der Waals surface area contributed by atoms with Crippen molar-refractivity contribution >= 4 is 29.1 Å². The van der Waals surface area contributed by atoms with Crippen LogP contribution in [-0.2, 0) is 16.0 Å². The van der Waals surface area contributed by atoms with Crippen LogP contribution in [0.3, 0.4) is 0 Å². The van der Waals surface area contributed by atoms with Crippen LogP contribution in [0.2, 0.25) is 5.02 Å². The van der Waals surface area contributed by atoms with E-state index in [1.807, 2.05) is 24.3 Å². The van der Waals surface area contributed by atoms with Gasteiger partial charge in [-0.1, -0.05) is 23.7 Å². The van der Waals surface area contributed by atoms with E-state index in [1.54, 1.807) is 0 Å². The molecule has 0 spiro atoms. The highest BCUT2D eigenvalue weighted by Gasteiger charge is 2.17. The molecular formula is C14H16ClN3O2. The number of carbonyl (C=O) groups excluding carboxylic acids is 2. The van der Waals surface area contributed by atoms with Crippen molar-refractivity contribution in [3.05, 3.63) is 34.9 Å². The van der Waals surface area contributed by atoms with E-state index in [4.69, 9.17) is 11.6 Å². The molecule has 2 rings (SSSR count). The van der Waals surface area contributed by atoms with Crippen molar-refractivity contribution < 1.29 is 9.59 Å². The van der Waals surface area contributed by atoms with Gasteiger partial charge in [0.05, 0.1) is 0 Å². The van der Waals surface area contributed by atoms with E-state index in [2.05, 4.69) is 15.8 Å². The van der Waals surface area contributed by atoms with Crippen LogP contribution >= 0.6 is 11.6 Å². The van der Waals surface area contributed by atoms with Crippen LogP contribution in [0.1, 0.15) is 24.8 Å². The van der Waals surface area contributed by atoms with Gasteiger partial charge in [0.2, 0.25) is 5.91 Å². The highest BCUT2D eigenvalue weighted by molar-refractivity contribution is 6.39. The summed E-state index contributed by atoms with van der Waals surface area (Å²) in [5.74, 6) is -0.362. The highest BCUT2D eigenvalue weighted by Crippen LogP contribution is 2.11. The summed E-state index contributed by atoms with van der Waals surface area (Å²) in [7, 11) is 0. The summed E-state index contributed by atoms with van der Waals surface area (Å²) in [6.45, 7) is 0.568. The van der Waals surface area contributed by atoms with Crippen molar-refractivity contribution in [3.8, 4) is 0 Å². The third-order valence-corrected chi connectivity index (χ3v) is 3.22. The van der Waals surface area contributed by atoms with Crippen molar-refractivity contribution in [2.75, 3.05) is 6.54 Å². The van der Waals surface area contributed by atoms with Crippen LogP contribution in [0.15, 0.2) is 29.4 Å². The van der Waals surface area contributed by atoms with Gasteiger partial charge in [0.1, 0.15) is 5.71 Å². The summed E-state index contributed by atoms with van der Waals surface area (Å²) < 4.78 is 0. The smallest absolute Gasteiger partial charge is 0.267 e. The highest BCUT2D eigenvalue weighted by atomic mass is 35.5. The van der Waals surface area contributed by atoms with E-state index in [9.17, 15) is 9.59 Å². The predicted molar refractivity (Wildman–Crippen MR) is 77.6 cm³/mol. The predicted octanol–water partition coefficient (Wildman–Crippen LogP) is 1.65. The van der Waals surface area contributed by atoms with Crippen LogP contribution in [0.5, 0.6) is 0 Å². The number of benzene rings is 1. The monoisotopic (exact) mass is 293 g/mol. The summed E-state index contributed by atoms with van der Waals surface area (Å²) >= 11 is 5.90. The molecule has 0 fully saturated rings. The number of amides is 2. The maximum absolute atomic E-state index is 11.8. The number of nitrogens with one attached hydrogen (secondary N) is 2. The Morgan fingerprint density at radius 1 is 1.40 bits per heavy atom. The standard InChI is InChI=1S/C14H16ClN3O2/c15-11-5-1-3-10(9-11)4-2-8-16-14(20)12-6-7-13(19)18-17-12/h1,3,5,9H,2,4,6-8H2,(H,16,20)(H,18,19). The maximum atomic E-state index is 11.8. The lowest BCUT2D eigenvalue weighted by molar-refractivity contribution is -0.121. The van der Waals surface area contributed by atoms with Gasteiger partial charge in [0.15, 0.2) is 0 Å². The van der Waals surface area contributed by atoms with Gasteiger partial charge in [-0.15, -0.1) is 0 Å².